The maximum Gasteiger partial charge on any atom is 0.237 e. The quantitative estimate of drug-likeness (QED) is 0.423. The third-order valence-corrected chi connectivity index (χ3v) is 8.56. The van der Waals surface area contributed by atoms with Crippen molar-refractivity contribution in [1.29, 1.82) is 0 Å². The second kappa shape index (κ2) is 6.99. The molecule has 1 fully saturated rings. The Morgan fingerprint density at radius 2 is 1.58 bits per heavy atom. The highest BCUT2D eigenvalue weighted by molar-refractivity contribution is 6.24. The zero-order chi connectivity index (χ0) is 24.8. The summed E-state index contributed by atoms with van der Waals surface area (Å²) < 4.78 is 0. The smallest absolute Gasteiger partial charge is 0.237 e. The molecule has 3 atom stereocenters. The molecule has 3 aliphatic rings. The van der Waals surface area contributed by atoms with Crippen molar-refractivity contribution in [2.24, 2.45) is 5.92 Å². The van der Waals surface area contributed by atoms with Crippen molar-refractivity contribution in [3.05, 3.63) is 113 Å². The zero-order valence-electron chi connectivity index (χ0n) is 20.0. The van der Waals surface area contributed by atoms with E-state index in [-0.39, 0.29) is 24.0 Å². The maximum atomic E-state index is 14.6. The Hall–Kier alpha value is -4.09. The first-order chi connectivity index (χ1) is 17.4. The number of likely N-dealkylation sites (N-methyl/N-ethyl adjacent to an activating group) is 1. The van der Waals surface area contributed by atoms with Crippen LogP contribution in [-0.2, 0) is 15.7 Å². The van der Waals surface area contributed by atoms with Crippen molar-refractivity contribution in [2.45, 2.75) is 17.9 Å². The Balaban J connectivity index is 1.58. The second-order valence-electron chi connectivity index (χ2n) is 10.3. The first-order valence-electron chi connectivity index (χ1n) is 12.2. The van der Waals surface area contributed by atoms with Crippen molar-refractivity contribution in [1.82, 2.24) is 4.90 Å². The summed E-state index contributed by atoms with van der Waals surface area (Å²) >= 11 is 0. The van der Waals surface area contributed by atoms with Crippen LogP contribution < -0.4 is 5.32 Å². The van der Waals surface area contributed by atoms with Crippen LogP contribution in [0.4, 0.5) is 5.69 Å². The van der Waals surface area contributed by atoms with Crippen LogP contribution in [-0.4, -0.2) is 36.0 Å². The van der Waals surface area contributed by atoms with Gasteiger partial charge in [-0.15, -0.1) is 0 Å². The van der Waals surface area contributed by atoms with Gasteiger partial charge >= 0.3 is 0 Å². The molecule has 176 valence electrons. The van der Waals surface area contributed by atoms with E-state index in [1.165, 1.54) is 0 Å². The number of amides is 1. The van der Waals surface area contributed by atoms with E-state index in [1.54, 1.807) is 0 Å². The molecule has 2 heterocycles. The number of Topliss-reactive ketones (excluding diaryl/α,β-unsaturated/α-hetero) is 2. The highest BCUT2D eigenvalue weighted by atomic mass is 16.2. The molecule has 36 heavy (non-hydrogen) atoms. The third-order valence-electron chi connectivity index (χ3n) is 8.56. The molecule has 4 aromatic carbocycles. The molecule has 2 spiro atoms. The monoisotopic (exact) mass is 472 g/mol. The second-order valence-corrected chi connectivity index (χ2v) is 10.3. The molecule has 4 aromatic rings. The number of fused-ring (bicyclic) bond motifs is 3. The number of carbonyl (C=O) groups excluding carboxylic acids is 3. The summed E-state index contributed by atoms with van der Waals surface area (Å²) in [4.78, 5) is 45.1. The van der Waals surface area contributed by atoms with Gasteiger partial charge in [-0.1, -0.05) is 84.4 Å². The molecule has 0 radical (unpaired) electrons. The van der Waals surface area contributed by atoms with Gasteiger partial charge in [-0.05, 0) is 41.9 Å². The molecule has 2 aliphatic heterocycles. The Morgan fingerprint density at radius 1 is 0.889 bits per heavy atom. The molecule has 5 heteroatoms. The molecule has 7 rings (SSSR count). The van der Waals surface area contributed by atoms with Gasteiger partial charge in [-0.3, -0.25) is 19.3 Å². The predicted octanol–water partition coefficient (Wildman–Crippen LogP) is 4.87. The lowest BCUT2D eigenvalue weighted by Gasteiger charge is -2.38. The fraction of sp³-hybridized carbons (Fsp3) is 0.194. The van der Waals surface area contributed by atoms with Gasteiger partial charge in [0.1, 0.15) is 11.0 Å². The number of ketones is 2. The van der Waals surface area contributed by atoms with Crippen LogP contribution >= 0.6 is 0 Å². The van der Waals surface area contributed by atoms with Gasteiger partial charge in [0.15, 0.2) is 11.6 Å². The van der Waals surface area contributed by atoms with Gasteiger partial charge in [-0.2, -0.15) is 0 Å². The SMILES string of the molecule is Cc1ccc(C(=O)[C@H]2[C@@]3(CN(C)[C@]24C(=O)c2cccc5cccc4c25)C(=O)Nc2ccccc23)cc1. The van der Waals surface area contributed by atoms with Crippen molar-refractivity contribution in [3.8, 4) is 0 Å². The molecule has 0 unspecified atom stereocenters. The van der Waals surface area contributed by atoms with Gasteiger partial charge in [-0.25, -0.2) is 0 Å². The highest BCUT2D eigenvalue weighted by Gasteiger charge is 2.73. The molecule has 0 aromatic heterocycles. The van der Waals surface area contributed by atoms with Crippen LogP contribution in [0.15, 0.2) is 84.9 Å². The van der Waals surface area contributed by atoms with E-state index in [9.17, 15) is 14.4 Å². The summed E-state index contributed by atoms with van der Waals surface area (Å²) in [6.07, 6.45) is 0. The molecule has 1 amide bonds. The summed E-state index contributed by atoms with van der Waals surface area (Å²) in [6, 6.07) is 26.6. The summed E-state index contributed by atoms with van der Waals surface area (Å²) in [5.74, 6) is -1.47. The van der Waals surface area contributed by atoms with Crippen LogP contribution in [0, 0.1) is 12.8 Å². The third kappa shape index (κ3) is 2.32. The average Bonchev–Trinajstić information content (AvgIpc) is 3.43. The number of hydrogen-bond donors (Lipinski definition) is 1. The Labute approximate surface area is 208 Å². The molecule has 1 saturated heterocycles. The van der Waals surface area contributed by atoms with Gasteiger partial charge in [0.05, 0.1) is 5.92 Å². The summed E-state index contributed by atoms with van der Waals surface area (Å²) in [6.45, 7) is 2.23. The minimum atomic E-state index is -1.29. The van der Waals surface area contributed by atoms with Crippen LogP contribution in [0.25, 0.3) is 10.8 Å². The largest absolute Gasteiger partial charge is 0.325 e. The number of carbonyl (C=O) groups is 3. The number of aryl methyl sites for hydroxylation is 1. The van der Waals surface area contributed by atoms with Crippen molar-refractivity contribution >= 4 is 33.9 Å². The summed E-state index contributed by atoms with van der Waals surface area (Å²) in [7, 11) is 1.88. The van der Waals surface area contributed by atoms with Gasteiger partial charge < -0.3 is 5.32 Å². The number of benzene rings is 4. The van der Waals surface area contributed by atoms with E-state index in [1.807, 2.05) is 104 Å². The topological polar surface area (TPSA) is 66.5 Å². The number of rotatable bonds is 2. The van der Waals surface area contributed by atoms with Crippen molar-refractivity contribution < 1.29 is 14.4 Å². The molecule has 0 saturated carbocycles. The standard InChI is InChI=1S/C31H24N2O3/c1-18-13-15-20(16-14-18)26(34)27-30(22-10-3-4-12-24(22)32-29(30)36)17-33(2)31(27)23-11-6-8-19-7-5-9-21(25(19)23)28(31)35/h3-16,27H,17H2,1-2H3,(H,32,36)/t27-,30-,31-/m0/s1. The lowest BCUT2D eigenvalue weighted by atomic mass is 9.62. The molecule has 5 nitrogen and oxygen atoms in total. The van der Waals surface area contributed by atoms with Crippen LogP contribution in [0.3, 0.4) is 0 Å². The molecule has 1 aliphatic carbocycles. The van der Waals surface area contributed by atoms with Gasteiger partial charge in [0.2, 0.25) is 5.91 Å². The van der Waals surface area contributed by atoms with Crippen molar-refractivity contribution in [3.63, 3.8) is 0 Å². The number of likely N-dealkylation sites (tertiary alicyclic amines) is 1. The Bertz CT molecular complexity index is 1630. The van der Waals surface area contributed by atoms with Crippen molar-refractivity contribution in [2.75, 3.05) is 18.9 Å². The molecule has 1 N–H and O–H groups in total. The van der Waals surface area contributed by atoms with E-state index in [2.05, 4.69) is 5.32 Å². The first-order valence-corrected chi connectivity index (χ1v) is 12.2. The predicted molar refractivity (Wildman–Crippen MR) is 138 cm³/mol. The minimum Gasteiger partial charge on any atom is -0.325 e. The number of para-hydroxylation sites is 1. The Morgan fingerprint density at radius 3 is 2.36 bits per heavy atom. The maximum absolute atomic E-state index is 14.6. The van der Waals surface area contributed by atoms with E-state index < -0.39 is 16.9 Å². The first kappa shape index (κ1) is 21.2. The van der Waals surface area contributed by atoms with E-state index in [4.69, 9.17) is 0 Å². The fourth-order valence-electron chi connectivity index (χ4n) is 7.09. The van der Waals surface area contributed by atoms with E-state index in [0.29, 0.717) is 16.8 Å². The number of anilines is 1. The van der Waals surface area contributed by atoms with Crippen LogP contribution in [0.1, 0.15) is 37.4 Å². The summed E-state index contributed by atoms with van der Waals surface area (Å²) in [5.41, 5.74) is 1.96. The highest BCUT2D eigenvalue weighted by Crippen LogP contribution is 2.62. The normalized spacial score (nSPS) is 26.2. The zero-order valence-corrected chi connectivity index (χ0v) is 20.0. The van der Waals surface area contributed by atoms with Crippen LogP contribution in [0.2, 0.25) is 0 Å². The molecular formula is C31H24N2O3. The van der Waals surface area contributed by atoms with Crippen LogP contribution in [0.5, 0.6) is 0 Å². The Kier molecular flexibility index (Phi) is 4.12. The van der Waals surface area contributed by atoms with E-state index in [0.717, 1.165) is 27.5 Å². The number of nitrogens with one attached hydrogen (secondary N) is 1. The number of hydrogen-bond acceptors (Lipinski definition) is 4. The minimum absolute atomic E-state index is 0.115. The fourth-order valence-corrected chi connectivity index (χ4v) is 7.09. The molecular weight excluding hydrogens is 448 g/mol. The average molecular weight is 473 g/mol. The van der Waals surface area contributed by atoms with Gasteiger partial charge in [0.25, 0.3) is 0 Å². The van der Waals surface area contributed by atoms with Gasteiger partial charge in [0, 0.05) is 23.4 Å². The summed E-state index contributed by atoms with van der Waals surface area (Å²) in [5, 5.41) is 4.87. The lowest BCUT2D eigenvalue weighted by Crippen LogP contribution is -2.54. The lowest BCUT2D eigenvalue weighted by molar-refractivity contribution is -0.121. The van der Waals surface area contributed by atoms with E-state index >= 15 is 0 Å². The molecule has 0 bridgehead atoms. The number of nitrogens with zero attached hydrogens (tertiary/aromatic N) is 1.